The molecule has 1 amide bonds. The van der Waals surface area contributed by atoms with Gasteiger partial charge >= 0.3 is 0 Å². The molecule has 0 radical (unpaired) electrons. The van der Waals surface area contributed by atoms with Gasteiger partial charge in [0.05, 0.1) is 6.10 Å². The molecule has 0 unspecified atom stereocenters. The van der Waals surface area contributed by atoms with Crippen LogP contribution in [-0.4, -0.2) is 75.4 Å². The quantitative estimate of drug-likeness (QED) is 0.683. The Labute approximate surface area is 184 Å². The molecule has 0 bridgehead atoms. The molecule has 1 aromatic carbocycles. The lowest BCUT2D eigenvalue weighted by atomic mass is 9.94. The van der Waals surface area contributed by atoms with Crippen molar-refractivity contribution >= 4 is 5.91 Å². The summed E-state index contributed by atoms with van der Waals surface area (Å²) in [6.45, 7) is 4.87. The molecule has 2 saturated heterocycles. The van der Waals surface area contributed by atoms with E-state index in [2.05, 4.69) is 39.2 Å². The maximum atomic E-state index is 13.0. The van der Waals surface area contributed by atoms with Gasteiger partial charge in [-0.05, 0) is 68.7 Å². The molecule has 1 aliphatic carbocycles. The molecule has 7 heteroatoms. The fourth-order valence-corrected chi connectivity index (χ4v) is 5.47. The fraction of sp³-hybridized carbons (Fsp3) is 0.625. The van der Waals surface area contributed by atoms with Crippen molar-refractivity contribution in [3.8, 4) is 0 Å². The zero-order valence-electron chi connectivity index (χ0n) is 18.2. The van der Waals surface area contributed by atoms with E-state index in [9.17, 15) is 4.79 Å². The molecule has 7 nitrogen and oxygen atoms in total. The Morgan fingerprint density at radius 1 is 1.10 bits per heavy atom. The Morgan fingerprint density at radius 2 is 1.87 bits per heavy atom. The largest absolute Gasteiger partial charge is 0.376 e. The lowest BCUT2D eigenvalue weighted by Crippen LogP contribution is -2.46. The first-order valence-electron chi connectivity index (χ1n) is 11.8. The van der Waals surface area contributed by atoms with E-state index in [0.717, 1.165) is 51.9 Å². The molecule has 3 aliphatic rings. The molecule has 0 saturated carbocycles. The van der Waals surface area contributed by atoms with Crippen LogP contribution >= 0.6 is 0 Å². The molecule has 1 atom stereocenters. The predicted molar refractivity (Wildman–Crippen MR) is 118 cm³/mol. The molecular formula is C24H33N5O2. The van der Waals surface area contributed by atoms with E-state index in [4.69, 9.17) is 4.74 Å². The standard InChI is InChI=1S/C24H33N5O2/c30-24(16-29-18-25-17-26-29)28(15-23-6-3-11-31-23)14-19-7-9-27(10-8-19)22-12-20-4-1-2-5-21(20)13-22/h1-2,4-5,17-19,22-23H,3,6-16H2/t23-/m0/s1. The summed E-state index contributed by atoms with van der Waals surface area (Å²) in [5.41, 5.74) is 3.05. The molecule has 0 spiro atoms. The van der Waals surface area contributed by atoms with Crippen LogP contribution in [-0.2, 0) is 28.9 Å². The van der Waals surface area contributed by atoms with Gasteiger partial charge < -0.3 is 9.64 Å². The second-order valence-corrected chi connectivity index (χ2v) is 9.34. The van der Waals surface area contributed by atoms with Crippen LogP contribution in [0.1, 0.15) is 36.8 Å². The molecule has 2 aromatic rings. The summed E-state index contributed by atoms with van der Waals surface area (Å²) in [6, 6.07) is 9.53. The molecular weight excluding hydrogens is 390 g/mol. The minimum Gasteiger partial charge on any atom is -0.376 e. The SMILES string of the molecule is O=C(Cn1cncn1)N(CC1CCN(C2Cc3ccccc3C2)CC1)C[C@@H]1CCCO1. The Bertz CT molecular complexity index is 832. The molecule has 0 N–H and O–H groups in total. The van der Waals surface area contributed by atoms with Crippen LogP contribution in [0.15, 0.2) is 36.9 Å². The monoisotopic (exact) mass is 423 g/mol. The van der Waals surface area contributed by atoms with Crippen molar-refractivity contribution in [2.45, 2.75) is 57.2 Å². The number of hydrogen-bond acceptors (Lipinski definition) is 5. The highest BCUT2D eigenvalue weighted by Crippen LogP contribution is 2.29. The highest BCUT2D eigenvalue weighted by atomic mass is 16.5. The number of amides is 1. The number of likely N-dealkylation sites (tertiary alicyclic amines) is 1. The van der Waals surface area contributed by atoms with Gasteiger partial charge in [0.15, 0.2) is 0 Å². The van der Waals surface area contributed by atoms with Crippen LogP contribution in [0, 0.1) is 5.92 Å². The number of benzene rings is 1. The zero-order valence-corrected chi connectivity index (χ0v) is 18.2. The number of carbonyl (C=O) groups excluding carboxylic acids is 1. The van der Waals surface area contributed by atoms with E-state index in [0.29, 0.717) is 18.5 Å². The van der Waals surface area contributed by atoms with Crippen molar-refractivity contribution in [1.29, 1.82) is 0 Å². The Hall–Kier alpha value is -2.25. The fourth-order valence-electron chi connectivity index (χ4n) is 5.47. The maximum Gasteiger partial charge on any atom is 0.244 e. The van der Waals surface area contributed by atoms with Crippen molar-refractivity contribution in [2.24, 2.45) is 5.92 Å². The third kappa shape index (κ3) is 4.99. The van der Waals surface area contributed by atoms with Gasteiger partial charge in [-0.1, -0.05) is 24.3 Å². The average molecular weight is 424 g/mol. The Balaban J connectivity index is 1.15. The van der Waals surface area contributed by atoms with Crippen molar-refractivity contribution in [3.05, 3.63) is 48.0 Å². The van der Waals surface area contributed by atoms with Crippen LogP contribution < -0.4 is 0 Å². The van der Waals surface area contributed by atoms with Crippen LogP contribution in [0.5, 0.6) is 0 Å². The minimum absolute atomic E-state index is 0.120. The number of aromatic nitrogens is 3. The van der Waals surface area contributed by atoms with E-state index < -0.39 is 0 Å². The van der Waals surface area contributed by atoms with Crippen molar-refractivity contribution in [3.63, 3.8) is 0 Å². The summed E-state index contributed by atoms with van der Waals surface area (Å²) in [7, 11) is 0. The summed E-state index contributed by atoms with van der Waals surface area (Å²) in [5.74, 6) is 0.677. The van der Waals surface area contributed by atoms with Gasteiger partial charge in [0, 0.05) is 25.7 Å². The van der Waals surface area contributed by atoms with Gasteiger partial charge in [-0.3, -0.25) is 9.69 Å². The summed E-state index contributed by atoms with van der Waals surface area (Å²) in [4.78, 5) is 21.7. The second-order valence-electron chi connectivity index (χ2n) is 9.34. The number of carbonyl (C=O) groups is 1. The van der Waals surface area contributed by atoms with Gasteiger partial charge in [0.25, 0.3) is 0 Å². The lowest BCUT2D eigenvalue weighted by molar-refractivity contribution is -0.134. The first kappa shape index (κ1) is 20.6. The van der Waals surface area contributed by atoms with Crippen LogP contribution in [0.3, 0.4) is 0 Å². The number of piperidine rings is 1. The number of nitrogens with zero attached hydrogens (tertiary/aromatic N) is 5. The normalized spacial score (nSPS) is 22.6. The van der Waals surface area contributed by atoms with Crippen molar-refractivity contribution in [1.82, 2.24) is 24.6 Å². The highest BCUT2D eigenvalue weighted by Gasteiger charge is 2.31. The smallest absolute Gasteiger partial charge is 0.244 e. The Kier molecular flexibility index (Phi) is 6.32. The lowest BCUT2D eigenvalue weighted by Gasteiger charge is -2.38. The third-order valence-electron chi connectivity index (χ3n) is 7.24. The van der Waals surface area contributed by atoms with E-state index in [1.54, 1.807) is 11.0 Å². The van der Waals surface area contributed by atoms with Gasteiger partial charge in [0.2, 0.25) is 5.91 Å². The molecule has 2 fully saturated rings. The number of ether oxygens (including phenoxy) is 1. The molecule has 2 aliphatic heterocycles. The topological polar surface area (TPSA) is 63.5 Å². The van der Waals surface area contributed by atoms with E-state index in [-0.39, 0.29) is 18.6 Å². The molecule has 5 rings (SSSR count). The van der Waals surface area contributed by atoms with Crippen molar-refractivity contribution < 1.29 is 9.53 Å². The van der Waals surface area contributed by atoms with Crippen LogP contribution in [0.25, 0.3) is 0 Å². The first-order chi connectivity index (χ1) is 15.2. The van der Waals surface area contributed by atoms with E-state index >= 15 is 0 Å². The van der Waals surface area contributed by atoms with Gasteiger partial charge in [0.1, 0.15) is 19.2 Å². The Morgan fingerprint density at radius 3 is 2.52 bits per heavy atom. The van der Waals surface area contributed by atoms with Crippen LogP contribution in [0.4, 0.5) is 0 Å². The summed E-state index contributed by atoms with van der Waals surface area (Å²) in [5, 5.41) is 4.11. The summed E-state index contributed by atoms with van der Waals surface area (Å²) >= 11 is 0. The minimum atomic E-state index is 0.120. The van der Waals surface area contributed by atoms with Gasteiger partial charge in [-0.2, -0.15) is 5.10 Å². The predicted octanol–water partition coefficient (Wildman–Crippen LogP) is 2.17. The number of rotatable bonds is 7. The van der Waals surface area contributed by atoms with Gasteiger partial charge in [-0.15, -0.1) is 0 Å². The van der Waals surface area contributed by atoms with E-state index in [1.165, 1.54) is 30.3 Å². The summed E-state index contributed by atoms with van der Waals surface area (Å²) in [6.07, 6.45) is 10.1. The average Bonchev–Trinajstić information content (AvgIpc) is 3.55. The molecule has 31 heavy (non-hydrogen) atoms. The van der Waals surface area contributed by atoms with E-state index in [1.807, 2.05) is 4.90 Å². The molecule has 1 aromatic heterocycles. The number of fused-ring (bicyclic) bond motifs is 1. The maximum absolute atomic E-state index is 13.0. The van der Waals surface area contributed by atoms with Crippen LogP contribution in [0.2, 0.25) is 0 Å². The first-order valence-corrected chi connectivity index (χ1v) is 11.8. The van der Waals surface area contributed by atoms with Crippen molar-refractivity contribution in [2.75, 3.05) is 32.8 Å². The third-order valence-corrected chi connectivity index (χ3v) is 7.24. The number of hydrogen-bond donors (Lipinski definition) is 0. The van der Waals surface area contributed by atoms with Gasteiger partial charge in [-0.25, -0.2) is 9.67 Å². The highest BCUT2D eigenvalue weighted by molar-refractivity contribution is 5.75. The summed E-state index contributed by atoms with van der Waals surface area (Å²) < 4.78 is 7.45. The zero-order chi connectivity index (χ0) is 21.0. The second kappa shape index (κ2) is 9.49. The molecule has 3 heterocycles. The molecule has 166 valence electrons.